The van der Waals surface area contributed by atoms with Crippen LogP contribution >= 0.6 is 0 Å². The topological polar surface area (TPSA) is 96.2 Å². The fraction of sp³-hybridized carbons (Fsp3) is 0.381. The Bertz CT molecular complexity index is 940. The third-order valence-electron chi connectivity index (χ3n) is 4.95. The Hall–Kier alpha value is -3.13. The van der Waals surface area contributed by atoms with E-state index in [4.69, 9.17) is 4.74 Å². The average molecular weight is 393 g/mol. The van der Waals surface area contributed by atoms with Gasteiger partial charge in [0.2, 0.25) is 0 Å². The number of aromatic nitrogens is 1. The standard InChI is InChI=1S/C21H23N5O3/c1-3-22-21(28)17-5-4-15(9-24-17)29-16-11-26(12-16)10-14-7-19-18(23-8-14)6-13(2)20(27)25-19/h4-9,16,18H,3,10-12H2,1-2H3,(H,22,28). The fourth-order valence-corrected chi connectivity index (χ4v) is 3.40. The Morgan fingerprint density at radius 3 is 2.90 bits per heavy atom. The molecular formula is C21H23N5O3. The van der Waals surface area contributed by atoms with E-state index in [0.29, 0.717) is 29.3 Å². The van der Waals surface area contributed by atoms with Crippen LogP contribution in [0.2, 0.25) is 0 Å². The van der Waals surface area contributed by atoms with Gasteiger partial charge in [0.25, 0.3) is 11.8 Å². The highest BCUT2D eigenvalue weighted by Crippen LogP contribution is 2.21. The molecule has 0 spiro atoms. The summed E-state index contributed by atoms with van der Waals surface area (Å²) in [5.74, 6) is 0.280. The zero-order chi connectivity index (χ0) is 20.4. The summed E-state index contributed by atoms with van der Waals surface area (Å²) < 4.78 is 5.91. The van der Waals surface area contributed by atoms with Crippen molar-refractivity contribution in [2.45, 2.75) is 26.0 Å². The van der Waals surface area contributed by atoms with Crippen LogP contribution in [-0.2, 0) is 4.79 Å². The second-order valence-corrected chi connectivity index (χ2v) is 7.31. The number of rotatable bonds is 6. The number of pyridine rings is 1. The maximum atomic E-state index is 11.8. The van der Waals surface area contributed by atoms with Crippen molar-refractivity contribution in [1.82, 2.24) is 15.2 Å². The zero-order valence-corrected chi connectivity index (χ0v) is 16.5. The molecule has 1 saturated heterocycles. The zero-order valence-electron chi connectivity index (χ0n) is 16.5. The molecule has 3 aliphatic heterocycles. The summed E-state index contributed by atoms with van der Waals surface area (Å²) in [6.07, 6.45) is 7.34. The first-order chi connectivity index (χ1) is 14.0. The van der Waals surface area contributed by atoms with Crippen LogP contribution in [0.3, 0.4) is 0 Å². The summed E-state index contributed by atoms with van der Waals surface area (Å²) in [6, 6.07) is 3.29. The van der Waals surface area contributed by atoms with Gasteiger partial charge in [-0.25, -0.2) is 9.98 Å². The molecule has 0 saturated carbocycles. The molecule has 3 aliphatic rings. The predicted octanol–water partition coefficient (Wildman–Crippen LogP) is 1.20. The summed E-state index contributed by atoms with van der Waals surface area (Å²) in [4.78, 5) is 38.5. The molecule has 1 N–H and O–H groups in total. The number of fused-ring (bicyclic) bond motifs is 1. The first-order valence-corrected chi connectivity index (χ1v) is 9.70. The Kier molecular flexibility index (Phi) is 5.35. The third kappa shape index (κ3) is 4.32. The number of ether oxygens (including phenoxy) is 1. The van der Waals surface area contributed by atoms with Gasteiger partial charge < -0.3 is 10.1 Å². The van der Waals surface area contributed by atoms with E-state index in [1.807, 2.05) is 25.3 Å². The number of amides is 2. The van der Waals surface area contributed by atoms with Gasteiger partial charge >= 0.3 is 0 Å². The third-order valence-corrected chi connectivity index (χ3v) is 4.95. The minimum atomic E-state index is -0.187. The first kappa shape index (κ1) is 19.2. The van der Waals surface area contributed by atoms with Gasteiger partial charge in [-0.15, -0.1) is 0 Å². The number of nitrogens with zero attached hydrogens (tertiary/aromatic N) is 4. The van der Waals surface area contributed by atoms with E-state index in [2.05, 4.69) is 25.2 Å². The van der Waals surface area contributed by atoms with Crippen LogP contribution in [0, 0.1) is 0 Å². The van der Waals surface area contributed by atoms with Crippen molar-refractivity contribution in [3.63, 3.8) is 0 Å². The largest absolute Gasteiger partial charge is 0.486 e. The lowest BCUT2D eigenvalue weighted by atomic mass is 9.99. The van der Waals surface area contributed by atoms with Crippen molar-refractivity contribution in [2.24, 2.45) is 9.98 Å². The van der Waals surface area contributed by atoms with E-state index < -0.39 is 0 Å². The summed E-state index contributed by atoms with van der Waals surface area (Å²) >= 11 is 0. The molecule has 2 amide bonds. The van der Waals surface area contributed by atoms with Crippen LogP contribution in [-0.4, -0.2) is 71.9 Å². The van der Waals surface area contributed by atoms with E-state index in [1.165, 1.54) is 0 Å². The molecule has 1 fully saturated rings. The monoisotopic (exact) mass is 393 g/mol. The van der Waals surface area contributed by atoms with E-state index in [0.717, 1.165) is 25.2 Å². The number of aliphatic imine (C=N–C) groups is 2. The number of hydrogen-bond donors (Lipinski definition) is 1. The Morgan fingerprint density at radius 2 is 2.17 bits per heavy atom. The van der Waals surface area contributed by atoms with E-state index in [9.17, 15) is 9.59 Å². The highest BCUT2D eigenvalue weighted by molar-refractivity contribution is 6.16. The van der Waals surface area contributed by atoms with Gasteiger partial charge in [0.05, 0.1) is 11.9 Å². The van der Waals surface area contributed by atoms with Crippen molar-refractivity contribution in [3.8, 4) is 5.75 Å². The van der Waals surface area contributed by atoms with Gasteiger partial charge in [-0.05, 0) is 43.7 Å². The second-order valence-electron chi connectivity index (χ2n) is 7.31. The lowest BCUT2D eigenvalue weighted by molar-refractivity contribution is -0.114. The van der Waals surface area contributed by atoms with Gasteiger partial charge in [0.15, 0.2) is 0 Å². The van der Waals surface area contributed by atoms with Crippen molar-refractivity contribution in [1.29, 1.82) is 0 Å². The normalized spacial score (nSPS) is 21.5. The molecule has 8 heteroatoms. The quantitative estimate of drug-likeness (QED) is 0.783. The lowest BCUT2D eigenvalue weighted by Crippen LogP contribution is -2.54. The molecule has 0 aromatic carbocycles. The Balaban J connectivity index is 1.26. The van der Waals surface area contributed by atoms with Crippen LogP contribution in [0.4, 0.5) is 0 Å². The summed E-state index contributed by atoms with van der Waals surface area (Å²) in [7, 11) is 0. The van der Waals surface area contributed by atoms with Crippen LogP contribution in [0.15, 0.2) is 51.6 Å². The van der Waals surface area contributed by atoms with Crippen molar-refractivity contribution in [3.05, 3.63) is 47.3 Å². The molecule has 1 aromatic rings. The van der Waals surface area contributed by atoms with Crippen molar-refractivity contribution < 1.29 is 14.3 Å². The van der Waals surface area contributed by atoms with Gasteiger partial charge in [-0.2, -0.15) is 0 Å². The predicted molar refractivity (Wildman–Crippen MR) is 110 cm³/mol. The van der Waals surface area contributed by atoms with Gasteiger partial charge in [0, 0.05) is 38.0 Å². The highest BCUT2D eigenvalue weighted by Gasteiger charge is 2.30. The summed E-state index contributed by atoms with van der Waals surface area (Å²) in [5.41, 5.74) is 2.77. The van der Waals surface area contributed by atoms with Gasteiger partial charge in [0.1, 0.15) is 23.6 Å². The average Bonchev–Trinajstić information content (AvgIpc) is 2.68. The molecule has 4 heterocycles. The Labute approximate surface area is 169 Å². The summed E-state index contributed by atoms with van der Waals surface area (Å²) in [6.45, 7) is 6.51. The molecule has 8 nitrogen and oxygen atoms in total. The SMILES string of the molecule is CCNC(=O)c1ccc(OC2CN(CC3=CC4=NC(=O)C(C)=CC4N=C3)C2)cn1. The number of hydrogen-bond acceptors (Lipinski definition) is 6. The van der Waals surface area contributed by atoms with Gasteiger partial charge in [-0.1, -0.05) is 0 Å². The van der Waals surface area contributed by atoms with Crippen LogP contribution < -0.4 is 10.1 Å². The molecule has 1 atom stereocenters. The molecular weight excluding hydrogens is 370 g/mol. The van der Waals surface area contributed by atoms with Crippen LogP contribution in [0.25, 0.3) is 0 Å². The number of dihydropyridines is 2. The van der Waals surface area contributed by atoms with E-state index in [-0.39, 0.29) is 24.0 Å². The van der Waals surface area contributed by atoms with E-state index in [1.54, 1.807) is 25.3 Å². The molecule has 0 radical (unpaired) electrons. The Morgan fingerprint density at radius 1 is 1.34 bits per heavy atom. The molecule has 0 aliphatic carbocycles. The second kappa shape index (κ2) is 8.08. The molecule has 29 heavy (non-hydrogen) atoms. The number of carbonyl (C=O) groups is 2. The van der Waals surface area contributed by atoms with Crippen LogP contribution in [0.5, 0.6) is 5.75 Å². The minimum absolute atomic E-state index is 0.0835. The molecule has 0 bridgehead atoms. The highest BCUT2D eigenvalue weighted by atomic mass is 16.5. The molecule has 1 unspecified atom stereocenters. The maximum absolute atomic E-state index is 11.8. The van der Waals surface area contributed by atoms with Crippen LogP contribution in [0.1, 0.15) is 24.3 Å². The van der Waals surface area contributed by atoms with Crippen molar-refractivity contribution in [2.75, 3.05) is 26.2 Å². The fourth-order valence-electron chi connectivity index (χ4n) is 3.40. The molecule has 4 rings (SSSR count). The smallest absolute Gasteiger partial charge is 0.272 e. The molecule has 1 aromatic heterocycles. The number of carbonyl (C=O) groups excluding carboxylic acids is 2. The number of likely N-dealkylation sites (tertiary alicyclic amines) is 1. The van der Waals surface area contributed by atoms with Crippen molar-refractivity contribution >= 4 is 23.7 Å². The van der Waals surface area contributed by atoms with E-state index >= 15 is 0 Å². The summed E-state index contributed by atoms with van der Waals surface area (Å²) in [5, 5.41) is 2.72. The van der Waals surface area contributed by atoms with Gasteiger partial charge in [-0.3, -0.25) is 19.5 Å². The maximum Gasteiger partial charge on any atom is 0.272 e. The first-order valence-electron chi connectivity index (χ1n) is 9.70. The lowest BCUT2D eigenvalue weighted by Gasteiger charge is -2.39. The minimum Gasteiger partial charge on any atom is -0.486 e. The molecule has 150 valence electrons. The number of nitrogens with one attached hydrogen (secondary N) is 1.